The van der Waals surface area contributed by atoms with Crippen molar-refractivity contribution in [3.05, 3.63) is 0 Å². The molecule has 2 fully saturated rings. The summed E-state index contributed by atoms with van der Waals surface area (Å²) in [4.78, 5) is 11.5. The molecule has 0 amide bonds. The van der Waals surface area contributed by atoms with Crippen molar-refractivity contribution in [2.24, 2.45) is 23.5 Å². The van der Waals surface area contributed by atoms with Crippen molar-refractivity contribution in [3.8, 4) is 0 Å². The minimum atomic E-state index is -0.0207. The number of methoxy groups -OCH3 is 1. The Kier molecular flexibility index (Phi) is 3.29. The Morgan fingerprint density at radius 1 is 1.27 bits per heavy atom. The van der Waals surface area contributed by atoms with E-state index in [1.165, 1.54) is 26.4 Å². The van der Waals surface area contributed by atoms with Gasteiger partial charge in [-0.3, -0.25) is 4.79 Å². The quantitative estimate of drug-likeness (QED) is 0.672. The van der Waals surface area contributed by atoms with E-state index in [9.17, 15) is 4.79 Å². The van der Waals surface area contributed by atoms with Crippen molar-refractivity contribution >= 4 is 5.97 Å². The Balaban J connectivity index is 1.96. The normalized spacial score (nSPS) is 40.7. The number of hydrogen-bond acceptors (Lipinski definition) is 3. The van der Waals surface area contributed by atoms with Crippen LogP contribution in [0.1, 0.15) is 38.5 Å². The molecule has 86 valence electrons. The molecule has 0 bridgehead atoms. The molecule has 2 saturated carbocycles. The largest absolute Gasteiger partial charge is 0.469 e. The van der Waals surface area contributed by atoms with E-state index in [1.54, 1.807) is 0 Å². The summed E-state index contributed by atoms with van der Waals surface area (Å²) in [6.45, 7) is 0. The van der Waals surface area contributed by atoms with E-state index in [0.29, 0.717) is 17.9 Å². The first-order valence-corrected chi connectivity index (χ1v) is 6.05. The number of esters is 1. The molecule has 0 saturated heterocycles. The van der Waals surface area contributed by atoms with Gasteiger partial charge in [0.05, 0.1) is 13.0 Å². The van der Waals surface area contributed by atoms with Crippen LogP contribution in [0.15, 0.2) is 0 Å². The van der Waals surface area contributed by atoms with E-state index in [1.807, 2.05) is 0 Å². The predicted octanol–water partition coefficient (Wildman–Crippen LogP) is 1.70. The Bertz CT molecular complexity index is 242. The summed E-state index contributed by atoms with van der Waals surface area (Å²) in [5, 5.41) is 0. The van der Waals surface area contributed by atoms with Gasteiger partial charge < -0.3 is 10.5 Å². The van der Waals surface area contributed by atoms with Crippen LogP contribution in [0.25, 0.3) is 0 Å². The van der Waals surface area contributed by atoms with Gasteiger partial charge in [0.2, 0.25) is 0 Å². The highest BCUT2D eigenvalue weighted by molar-refractivity contribution is 5.72. The second-order valence-electron chi connectivity index (χ2n) is 5.05. The second kappa shape index (κ2) is 4.52. The molecule has 4 unspecified atom stereocenters. The lowest BCUT2D eigenvalue weighted by atomic mass is 9.65. The molecule has 2 N–H and O–H groups in total. The van der Waals surface area contributed by atoms with Crippen LogP contribution < -0.4 is 5.73 Å². The van der Waals surface area contributed by atoms with Crippen molar-refractivity contribution < 1.29 is 9.53 Å². The number of rotatable bonds is 1. The molecule has 0 aromatic heterocycles. The van der Waals surface area contributed by atoms with Crippen LogP contribution in [0.5, 0.6) is 0 Å². The molecule has 2 rings (SSSR count). The van der Waals surface area contributed by atoms with E-state index in [0.717, 1.165) is 19.3 Å². The maximum atomic E-state index is 11.5. The van der Waals surface area contributed by atoms with Gasteiger partial charge in [-0.1, -0.05) is 12.8 Å². The van der Waals surface area contributed by atoms with Gasteiger partial charge in [0, 0.05) is 6.04 Å². The first kappa shape index (κ1) is 10.9. The average Bonchev–Trinajstić information content (AvgIpc) is 2.28. The van der Waals surface area contributed by atoms with Gasteiger partial charge in [-0.15, -0.1) is 0 Å². The minimum Gasteiger partial charge on any atom is -0.469 e. The molecular formula is C12H21NO2. The first-order valence-electron chi connectivity index (χ1n) is 6.05. The standard InChI is InChI=1S/C12H21NO2/c1-15-12(14)9-5-6-10-8(7-9)3-2-4-11(10)13/h8-11H,2-7,13H2,1H3. The summed E-state index contributed by atoms with van der Waals surface area (Å²) in [6.07, 6.45) is 6.75. The minimum absolute atomic E-state index is 0.0207. The van der Waals surface area contributed by atoms with Crippen molar-refractivity contribution in [2.45, 2.75) is 44.6 Å². The first-order chi connectivity index (χ1) is 7.22. The maximum absolute atomic E-state index is 11.5. The van der Waals surface area contributed by atoms with Crippen molar-refractivity contribution in [1.82, 2.24) is 0 Å². The molecule has 0 aromatic rings. The number of hydrogen-bond donors (Lipinski definition) is 1. The molecule has 2 aliphatic carbocycles. The van der Waals surface area contributed by atoms with Gasteiger partial charge in [0.25, 0.3) is 0 Å². The van der Waals surface area contributed by atoms with Gasteiger partial charge in [-0.2, -0.15) is 0 Å². The highest BCUT2D eigenvalue weighted by atomic mass is 16.5. The molecule has 2 aliphatic rings. The molecule has 4 atom stereocenters. The van der Waals surface area contributed by atoms with Crippen LogP contribution >= 0.6 is 0 Å². The van der Waals surface area contributed by atoms with E-state index in [2.05, 4.69) is 0 Å². The fraction of sp³-hybridized carbons (Fsp3) is 0.917. The number of carbonyl (C=O) groups excluding carboxylic acids is 1. The molecule has 0 heterocycles. The lowest BCUT2D eigenvalue weighted by Gasteiger charge is -2.41. The van der Waals surface area contributed by atoms with Gasteiger partial charge >= 0.3 is 5.97 Å². The molecule has 3 nitrogen and oxygen atoms in total. The van der Waals surface area contributed by atoms with E-state index >= 15 is 0 Å². The number of nitrogens with two attached hydrogens (primary N) is 1. The zero-order chi connectivity index (χ0) is 10.8. The van der Waals surface area contributed by atoms with E-state index < -0.39 is 0 Å². The summed E-state index contributed by atoms with van der Waals surface area (Å²) < 4.78 is 4.83. The molecule has 0 radical (unpaired) electrons. The smallest absolute Gasteiger partial charge is 0.308 e. The number of fused-ring (bicyclic) bond motifs is 1. The molecule has 0 aliphatic heterocycles. The lowest BCUT2D eigenvalue weighted by molar-refractivity contribution is -0.148. The van der Waals surface area contributed by atoms with Gasteiger partial charge in [0.1, 0.15) is 0 Å². The van der Waals surface area contributed by atoms with Crippen LogP contribution in [-0.2, 0) is 9.53 Å². The van der Waals surface area contributed by atoms with Crippen molar-refractivity contribution in [2.75, 3.05) is 7.11 Å². The summed E-state index contributed by atoms with van der Waals surface area (Å²) in [6, 6.07) is 0.377. The highest BCUT2D eigenvalue weighted by Crippen LogP contribution is 2.42. The Labute approximate surface area is 91.4 Å². The summed E-state index contributed by atoms with van der Waals surface area (Å²) in [5.74, 6) is 1.46. The van der Waals surface area contributed by atoms with Gasteiger partial charge in [0.15, 0.2) is 0 Å². The predicted molar refractivity (Wildman–Crippen MR) is 58.2 cm³/mol. The lowest BCUT2D eigenvalue weighted by Crippen LogP contribution is -2.43. The Morgan fingerprint density at radius 3 is 2.80 bits per heavy atom. The van der Waals surface area contributed by atoms with Crippen LogP contribution in [0.3, 0.4) is 0 Å². The van der Waals surface area contributed by atoms with Crippen molar-refractivity contribution in [1.29, 1.82) is 0 Å². The number of carbonyl (C=O) groups is 1. The second-order valence-corrected chi connectivity index (χ2v) is 5.05. The van der Waals surface area contributed by atoms with Gasteiger partial charge in [-0.25, -0.2) is 0 Å². The molecule has 3 heteroatoms. The molecule has 15 heavy (non-hydrogen) atoms. The number of ether oxygens (including phenoxy) is 1. The van der Waals surface area contributed by atoms with Crippen LogP contribution in [0.4, 0.5) is 0 Å². The zero-order valence-electron chi connectivity index (χ0n) is 9.45. The van der Waals surface area contributed by atoms with Gasteiger partial charge in [-0.05, 0) is 37.5 Å². The Hall–Kier alpha value is -0.570. The summed E-state index contributed by atoms with van der Waals surface area (Å²) in [7, 11) is 1.49. The molecule has 0 spiro atoms. The molecule has 0 aromatic carbocycles. The third kappa shape index (κ3) is 2.17. The van der Waals surface area contributed by atoms with Crippen LogP contribution in [0, 0.1) is 17.8 Å². The average molecular weight is 211 g/mol. The summed E-state index contributed by atoms with van der Waals surface area (Å²) >= 11 is 0. The van der Waals surface area contributed by atoms with E-state index in [-0.39, 0.29) is 11.9 Å². The SMILES string of the molecule is COC(=O)C1CCC2C(N)CCCC2C1. The topological polar surface area (TPSA) is 52.3 Å². The third-order valence-electron chi connectivity index (χ3n) is 4.24. The molecular weight excluding hydrogens is 190 g/mol. The van der Waals surface area contributed by atoms with Crippen LogP contribution in [-0.4, -0.2) is 19.1 Å². The fourth-order valence-corrected chi connectivity index (χ4v) is 3.39. The van der Waals surface area contributed by atoms with E-state index in [4.69, 9.17) is 10.5 Å². The summed E-state index contributed by atoms with van der Waals surface area (Å²) in [5.41, 5.74) is 6.13. The monoisotopic (exact) mass is 211 g/mol. The fourth-order valence-electron chi connectivity index (χ4n) is 3.39. The van der Waals surface area contributed by atoms with Crippen molar-refractivity contribution in [3.63, 3.8) is 0 Å². The Morgan fingerprint density at radius 2 is 2.07 bits per heavy atom. The third-order valence-corrected chi connectivity index (χ3v) is 4.24. The highest BCUT2D eigenvalue weighted by Gasteiger charge is 2.38. The maximum Gasteiger partial charge on any atom is 0.308 e. The van der Waals surface area contributed by atoms with Crippen LogP contribution in [0.2, 0.25) is 0 Å². The zero-order valence-corrected chi connectivity index (χ0v) is 9.45.